The van der Waals surface area contributed by atoms with Crippen LogP contribution in [-0.2, 0) is 4.74 Å². The molecule has 2 N–H and O–H groups in total. The summed E-state index contributed by atoms with van der Waals surface area (Å²) in [5.41, 5.74) is 0. The highest BCUT2D eigenvalue weighted by molar-refractivity contribution is 8.93. The molecule has 0 bridgehead atoms. The Hall–Kier alpha value is 0.360. The molecular weight excluding hydrogens is 172 g/mol. The van der Waals surface area contributed by atoms with E-state index >= 15 is 0 Å². The summed E-state index contributed by atoms with van der Waals surface area (Å²) in [6, 6.07) is 0. The molecule has 50 valence electrons. The van der Waals surface area contributed by atoms with Crippen LogP contribution in [0.5, 0.6) is 0 Å². The van der Waals surface area contributed by atoms with Gasteiger partial charge in [0.25, 0.3) is 0 Å². The van der Waals surface area contributed by atoms with E-state index in [-0.39, 0.29) is 17.0 Å². The molecule has 0 unspecified atom stereocenters. The number of nitrogens with two attached hydrogens (primary N) is 1. The van der Waals surface area contributed by atoms with Crippen molar-refractivity contribution in [1.29, 1.82) is 0 Å². The van der Waals surface area contributed by atoms with Crippen LogP contribution in [0, 0.1) is 0 Å². The van der Waals surface area contributed by atoms with Crippen molar-refractivity contribution in [2.75, 3.05) is 26.3 Å². The van der Waals surface area contributed by atoms with Crippen LogP contribution in [-0.4, -0.2) is 31.3 Å². The molecule has 0 radical (unpaired) electrons. The summed E-state index contributed by atoms with van der Waals surface area (Å²) in [5.74, 6) is 5.39. The van der Waals surface area contributed by atoms with Crippen LogP contribution in [0.4, 0.5) is 0 Å². The molecule has 3 nitrogen and oxygen atoms in total. The summed E-state index contributed by atoms with van der Waals surface area (Å²) in [4.78, 5) is 0. The van der Waals surface area contributed by atoms with E-state index in [0.717, 1.165) is 26.3 Å². The van der Waals surface area contributed by atoms with E-state index in [9.17, 15) is 0 Å². The van der Waals surface area contributed by atoms with Crippen LogP contribution in [0.3, 0.4) is 0 Å². The Bertz CT molecular complexity index is 56.0. The zero-order valence-electron chi connectivity index (χ0n) is 4.67. The highest BCUT2D eigenvalue weighted by atomic mass is 79.9. The quantitative estimate of drug-likeness (QED) is 0.527. The SMILES string of the molecule is Br.NN1CCOCC1. The zero-order chi connectivity index (χ0) is 5.11. The van der Waals surface area contributed by atoms with Crippen molar-refractivity contribution in [1.82, 2.24) is 5.01 Å². The van der Waals surface area contributed by atoms with Crippen LogP contribution in [0.15, 0.2) is 0 Å². The summed E-state index contributed by atoms with van der Waals surface area (Å²) in [7, 11) is 0. The van der Waals surface area contributed by atoms with Crippen LogP contribution in [0.2, 0.25) is 0 Å². The minimum Gasteiger partial charge on any atom is -0.379 e. The van der Waals surface area contributed by atoms with Gasteiger partial charge in [-0.3, -0.25) is 5.84 Å². The molecular formula is C4H11BrN2O. The van der Waals surface area contributed by atoms with Crippen LogP contribution < -0.4 is 5.84 Å². The van der Waals surface area contributed by atoms with Gasteiger partial charge in [0.1, 0.15) is 0 Å². The van der Waals surface area contributed by atoms with E-state index in [2.05, 4.69) is 0 Å². The molecule has 0 spiro atoms. The summed E-state index contributed by atoms with van der Waals surface area (Å²) >= 11 is 0. The number of nitrogens with zero attached hydrogens (tertiary/aromatic N) is 1. The first-order valence-electron chi connectivity index (χ1n) is 2.47. The van der Waals surface area contributed by atoms with Gasteiger partial charge in [-0.05, 0) is 0 Å². The van der Waals surface area contributed by atoms with Gasteiger partial charge in [0.05, 0.1) is 13.2 Å². The van der Waals surface area contributed by atoms with Gasteiger partial charge < -0.3 is 4.74 Å². The molecule has 0 aliphatic carbocycles. The van der Waals surface area contributed by atoms with Crippen molar-refractivity contribution in [2.24, 2.45) is 5.84 Å². The predicted octanol–water partition coefficient (Wildman–Crippen LogP) is -0.230. The van der Waals surface area contributed by atoms with Crippen molar-refractivity contribution in [3.63, 3.8) is 0 Å². The molecule has 0 amide bonds. The third kappa shape index (κ3) is 2.61. The van der Waals surface area contributed by atoms with E-state index in [1.165, 1.54) is 0 Å². The molecule has 1 aliphatic heterocycles. The van der Waals surface area contributed by atoms with E-state index in [4.69, 9.17) is 10.6 Å². The number of morpholine rings is 1. The lowest BCUT2D eigenvalue weighted by molar-refractivity contribution is 0.0378. The number of halogens is 1. The first kappa shape index (κ1) is 8.36. The lowest BCUT2D eigenvalue weighted by atomic mass is 10.5. The van der Waals surface area contributed by atoms with Gasteiger partial charge in [-0.25, -0.2) is 5.01 Å². The van der Waals surface area contributed by atoms with Gasteiger partial charge in [0.15, 0.2) is 0 Å². The van der Waals surface area contributed by atoms with Crippen molar-refractivity contribution < 1.29 is 4.74 Å². The fraction of sp³-hybridized carbons (Fsp3) is 1.00. The largest absolute Gasteiger partial charge is 0.379 e. The Morgan fingerprint density at radius 1 is 1.25 bits per heavy atom. The molecule has 0 aromatic rings. The number of hydrogen-bond acceptors (Lipinski definition) is 3. The van der Waals surface area contributed by atoms with Crippen molar-refractivity contribution in [3.05, 3.63) is 0 Å². The number of hydrazine groups is 1. The van der Waals surface area contributed by atoms with Gasteiger partial charge in [-0.15, -0.1) is 17.0 Å². The molecule has 1 saturated heterocycles. The van der Waals surface area contributed by atoms with Crippen LogP contribution >= 0.6 is 17.0 Å². The topological polar surface area (TPSA) is 38.5 Å². The average molecular weight is 183 g/mol. The summed E-state index contributed by atoms with van der Waals surface area (Å²) < 4.78 is 5.02. The van der Waals surface area contributed by atoms with E-state index < -0.39 is 0 Å². The molecule has 1 fully saturated rings. The lowest BCUT2D eigenvalue weighted by Gasteiger charge is -2.20. The minimum absolute atomic E-state index is 0. The third-order valence-electron chi connectivity index (χ3n) is 1.05. The third-order valence-corrected chi connectivity index (χ3v) is 1.05. The van der Waals surface area contributed by atoms with Crippen LogP contribution in [0.1, 0.15) is 0 Å². The highest BCUT2D eigenvalue weighted by Gasteiger charge is 2.02. The maximum absolute atomic E-state index is 5.39. The Balaban J connectivity index is 0.000000490. The maximum Gasteiger partial charge on any atom is 0.0608 e. The Morgan fingerprint density at radius 3 is 2.00 bits per heavy atom. The molecule has 8 heavy (non-hydrogen) atoms. The molecule has 1 aliphatic rings. The van der Waals surface area contributed by atoms with Crippen molar-refractivity contribution in [2.45, 2.75) is 0 Å². The monoisotopic (exact) mass is 182 g/mol. The molecule has 0 aromatic carbocycles. The van der Waals surface area contributed by atoms with Gasteiger partial charge in [-0.2, -0.15) is 0 Å². The second kappa shape index (κ2) is 4.26. The standard InChI is InChI=1S/C4H10N2O.BrH/c5-6-1-3-7-4-2-6;/h1-5H2;1H. The van der Waals surface area contributed by atoms with Gasteiger partial charge in [0.2, 0.25) is 0 Å². The van der Waals surface area contributed by atoms with Crippen LogP contribution in [0.25, 0.3) is 0 Å². The number of hydrogen-bond donors (Lipinski definition) is 1. The first-order chi connectivity index (χ1) is 3.39. The fourth-order valence-electron chi connectivity index (χ4n) is 0.577. The molecule has 0 aromatic heterocycles. The Kier molecular flexibility index (Phi) is 4.45. The van der Waals surface area contributed by atoms with E-state index in [1.54, 1.807) is 5.01 Å². The smallest absolute Gasteiger partial charge is 0.0608 e. The average Bonchev–Trinajstić information content (AvgIpc) is 1.69. The van der Waals surface area contributed by atoms with Gasteiger partial charge in [0, 0.05) is 13.1 Å². The van der Waals surface area contributed by atoms with Crippen molar-refractivity contribution >= 4 is 17.0 Å². The Labute approximate surface area is 59.5 Å². The second-order valence-electron chi connectivity index (χ2n) is 1.65. The normalized spacial score (nSPS) is 22.1. The number of rotatable bonds is 0. The minimum atomic E-state index is 0. The lowest BCUT2D eigenvalue weighted by Crippen LogP contribution is -2.41. The predicted molar refractivity (Wildman–Crippen MR) is 36.9 cm³/mol. The summed E-state index contributed by atoms with van der Waals surface area (Å²) in [5, 5.41) is 1.77. The molecule has 1 rings (SSSR count). The summed E-state index contributed by atoms with van der Waals surface area (Å²) in [6.07, 6.45) is 0. The van der Waals surface area contributed by atoms with E-state index in [1.807, 2.05) is 0 Å². The molecule has 0 saturated carbocycles. The second-order valence-corrected chi connectivity index (χ2v) is 1.65. The first-order valence-corrected chi connectivity index (χ1v) is 2.47. The fourth-order valence-corrected chi connectivity index (χ4v) is 0.577. The van der Waals surface area contributed by atoms with Gasteiger partial charge in [-0.1, -0.05) is 0 Å². The molecule has 0 atom stereocenters. The molecule has 4 heteroatoms. The highest BCUT2D eigenvalue weighted by Crippen LogP contribution is 1.86. The Morgan fingerprint density at radius 2 is 1.75 bits per heavy atom. The zero-order valence-corrected chi connectivity index (χ0v) is 6.38. The van der Waals surface area contributed by atoms with Crippen molar-refractivity contribution in [3.8, 4) is 0 Å². The summed E-state index contributed by atoms with van der Waals surface area (Å²) in [6.45, 7) is 3.33. The maximum atomic E-state index is 5.39. The van der Waals surface area contributed by atoms with E-state index in [0.29, 0.717) is 0 Å². The molecule has 1 heterocycles. The number of ether oxygens (including phenoxy) is 1. The van der Waals surface area contributed by atoms with Gasteiger partial charge >= 0.3 is 0 Å².